The van der Waals surface area contributed by atoms with Crippen LogP contribution >= 0.6 is 11.6 Å². The van der Waals surface area contributed by atoms with Crippen molar-refractivity contribution in [2.75, 3.05) is 7.11 Å². The molecule has 9 nitrogen and oxygen atoms in total. The molecule has 2 heterocycles. The smallest absolute Gasteiger partial charge is 0.281 e. The van der Waals surface area contributed by atoms with Gasteiger partial charge in [0.05, 0.1) is 17.1 Å². The minimum Gasteiger partial charge on any atom is -0.459 e. The molecule has 0 aliphatic heterocycles. The van der Waals surface area contributed by atoms with Gasteiger partial charge in [0.1, 0.15) is 29.7 Å². The summed E-state index contributed by atoms with van der Waals surface area (Å²) in [6.07, 6.45) is 0. The summed E-state index contributed by atoms with van der Waals surface area (Å²) < 4.78 is 10.8. The van der Waals surface area contributed by atoms with Gasteiger partial charge in [-0.25, -0.2) is 4.98 Å². The fourth-order valence-electron chi connectivity index (χ4n) is 2.83. The van der Waals surface area contributed by atoms with E-state index in [1.165, 1.54) is 19.2 Å². The first-order valence-corrected chi connectivity index (χ1v) is 9.10. The third-order valence-electron chi connectivity index (χ3n) is 4.10. The lowest BCUT2D eigenvalue weighted by Crippen LogP contribution is -1.97. The van der Waals surface area contributed by atoms with Crippen molar-refractivity contribution < 1.29 is 14.1 Å². The van der Waals surface area contributed by atoms with Gasteiger partial charge in [0.2, 0.25) is 0 Å². The van der Waals surface area contributed by atoms with E-state index in [1.54, 1.807) is 31.2 Å². The number of ether oxygens (including phenoxy) is 1. The standard InChI is InChI=1S/C20H16ClN5O4/c1-12-7-13(11-29-2)17(9-22)20(24-12)25-23-10-15-4-6-19(30-15)16-5-3-14(21)8-18(16)26(27)28/h3-8H,10-11H2,1-2H3. The Labute approximate surface area is 176 Å². The van der Waals surface area contributed by atoms with Crippen molar-refractivity contribution in [1.29, 1.82) is 5.26 Å². The number of methoxy groups -OCH3 is 1. The molecular formula is C20H16ClN5O4. The number of furan rings is 1. The van der Waals surface area contributed by atoms with Crippen molar-refractivity contribution in [3.05, 3.63) is 74.1 Å². The molecule has 2 aromatic heterocycles. The second-order valence-corrected chi connectivity index (χ2v) is 6.69. The summed E-state index contributed by atoms with van der Waals surface area (Å²) in [5.41, 5.74) is 1.81. The maximum atomic E-state index is 11.3. The van der Waals surface area contributed by atoms with Crippen LogP contribution in [0.4, 0.5) is 11.5 Å². The Balaban J connectivity index is 1.83. The predicted octanol–water partition coefficient (Wildman–Crippen LogP) is 5.51. The first-order valence-electron chi connectivity index (χ1n) is 8.73. The van der Waals surface area contributed by atoms with Crippen LogP contribution in [0.15, 0.2) is 51.0 Å². The topological polar surface area (TPSA) is 127 Å². The SMILES string of the molecule is COCc1cc(C)nc(N=NCc2ccc(-c3ccc(Cl)cc3[N+](=O)[O-])o2)c1C#N. The highest BCUT2D eigenvalue weighted by molar-refractivity contribution is 6.30. The second-order valence-electron chi connectivity index (χ2n) is 6.25. The van der Waals surface area contributed by atoms with E-state index in [2.05, 4.69) is 21.3 Å². The number of aromatic nitrogens is 1. The summed E-state index contributed by atoms with van der Waals surface area (Å²) in [6.45, 7) is 2.12. The lowest BCUT2D eigenvalue weighted by atomic mass is 10.1. The molecule has 0 atom stereocenters. The Morgan fingerprint density at radius 1 is 1.33 bits per heavy atom. The van der Waals surface area contributed by atoms with E-state index in [9.17, 15) is 15.4 Å². The lowest BCUT2D eigenvalue weighted by Gasteiger charge is -2.05. The third kappa shape index (κ3) is 4.68. The zero-order chi connectivity index (χ0) is 21.7. The minimum absolute atomic E-state index is 0.0709. The molecular weight excluding hydrogens is 410 g/mol. The van der Waals surface area contributed by atoms with E-state index in [-0.39, 0.29) is 29.7 Å². The monoisotopic (exact) mass is 425 g/mol. The van der Waals surface area contributed by atoms with Crippen molar-refractivity contribution in [1.82, 2.24) is 4.98 Å². The minimum atomic E-state index is -0.520. The number of pyridine rings is 1. The first kappa shape index (κ1) is 21.1. The molecule has 152 valence electrons. The number of rotatable bonds is 7. The Kier molecular flexibility index (Phi) is 6.51. The van der Waals surface area contributed by atoms with Crippen LogP contribution in [0, 0.1) is 28.4 Å². The van der Waals surface area contributed by atoms with Crippen LogP contribution in [0.25, 0.3) is 11.3 Å². The molecule has 0 N–H and O–H groups in total. The fourth-order valence-corrected chi connectivity index (χ4v) is 3.00. The summed E-state index contributed by atoms with van der Waals surface area (Å²) >= 11 is 5.85. The highest BCUT2D eigenvalue weighted by Gasteiger charge is 2.18. The molecule has 1 aromatic carbocycles. The molecule has 3 aromatic rings. The Morgan fingerprint density at radius 2 is 2.13 bits per heavy atom. The number of hydrogen-bond acceptors (Lipinski definition) is 8. The van der Waals surface area contributed by atoms with Gasteiger partial charge in [-0.05, 0) is 37.3 Å². The number of nitro benzene ring substituents is 1. The predicted molar refractivity (Wildman–Crippen MR) is 108 cm³/mol. The number of benzene rings is 1. The number of aryl methyl sites for hydroxylation is 1. The number of nitro groups is 1. The molecule has 0 radical (unpaired) electrons. The Morgan fingerprint density at radius 3 is 2.83 bits per heavy atom. The zero-order valence-corrected chi connectivity index (χ0v) is 16.9. The van der Waals surface area contributed by atoms with E-state index < -0.39 is 4.92 Å². The van der Waals surface area contributed by atoms with Crippen molar-refractivity contribution in [2.45, 2.75) is 20.1 Å². The maximum absolute atomic E-state index is 11.3. The van der Waals surface area contributed by atoms with Crippen LogP contribution in [0.3, 0.4) is 0 Å². The molecule has 0 unspecified atom stereocenters. The number of nitriles is 1. The molecule has 0 aliphatic carbocycles. The van der Waals surface area contributed by atoms with Gasteiger partial charge in [-0.1, -0.05) is 11.6 Å². The van der Waals surface area contributed by atoms with Gasteiger partial charge in [0.15, 0.2) is 5.82 Å². The van der Waals surface area contributed by atoms with Gasteiger partial charge in [0, 0.05) is 29.5 Å². The molecule has 10 heteroatoms. The Hall–Kier alpha value is -3.61. The number of halogens is 1. The van der Waals surface area contributed by atoms with Crippen LogP contribution in [-0.2, 0) is 17.9 Å². The van der Waals surface area contributed by atoms with Gasteiger partial charge in [-0.2, -0.15) is 10.4 Å². The van der Waals surface area contributed by atoms with Gasteiger partial charge in [0.25, 0.3) is 5.69 Å². The zero-order valence-electron chi connectivity index (χ0n) is 16.1. The number of hydrogen-bond donors (Lipinski definition) is 0. The molecule has 0 saturated heterocycles. The summed E-state index contributed by atoms with van der Waals surface area (Å²) in [4.78, 5) is 15.0. The molecule has 0 fully saturated rings. The summed E-state index contributed by atoms with van der Waals surface area (Å²) in [5.74, 6) is 0.961. The van der Waals surface area contributed by atoms with Gasteiger partial charge >= 0.3 is 0 Å². The summed E-state index contributed by atoms with van der Waals surface area (Å²) in [7, 11) is 1.54. The third-order valence-corrected chi connectivity index (χ3v) is 4.33. The molecule has 0 aliphatic rings. The van der Waals surface area contributed by atoms with E-state index in [0.717, 1.165) is 0 Å². The molecule has 30 heavy (non-hydrogen) atoms. The lowest BCUT2D eigenvalue weighted by molar-refractivity contribution is -0.384. The molecule has 0 saturated carbocycles. The van der Waals surface area contributed by atoms with E-state index in [0.29, 0.717) is 33.9 Å². The van der Waals surface area contributed by atoms with Crippen molar-refractivity contribution in [3.8, 4) is 17.4 Å². The normalized spacial score (nSPS) is 11.0. The average Bonchev–Trinajstić information content (AvgIpc) is 3.16. The molecule has 0 amide bonds. The fraction of sp³-hybridized carbons (Fsp3) is 0.200. The van der Waals surface area contributed by atoms with E-state index in [4.69, 9.17) is 20.8 Å². The van der Waals surface area contributed by atoms with Crippen LogP contribution in [0.2, 0.25) is 5.02 Å². The first-order chi connectivity index (χ1) is 14.4. The van der Waals surface area contributed by atoms with Crippen molar-refractivity contribution >= 4 is 23.1 Å². The quantitative estimate of drug-likeness (QED) is 0.279. The van der Waals surface area contributed by atoms with Crippen LogP contribution < -0.4 is 0 Å². The van der Waals surface area contributed by atoms with E-state index >= 15 is 0 Å². The van der Waals surface area contributed by atoms with Crippen molar-refractivity contribution in [3.63, 3.8) is 0 Å². The number of nitrogens with zero attached hydrogens (tertiary/aromatic N) is 5. The molecule has 0 spiro atoms. The molecule has 3 rings (SSSR count). The van der Waals surface area contributed by atoms with Crippen LogP contribution in [-0.4, -0.2) is 17.0 Å². The van der Waals surface area contributed by atoms with Gasteiger partial charge < -0.3 is 9.15 Å². The average molecular weight is 426 g/mol. The molecule has 0 bridgehead atoms. The van der Waals surface area contributed by atoms with Crippen LogP contribution in [0.5, 0.6) is 0 Å². The van der Waals surface area contributed by atoms with Gasteiger partial charge in [-0.3, -0.25) is 10.1 Å². The summed E-state index contributed by atoms with van der Waals surface area (Å²) in [5, 5.41) is 29.1. The largest absolute Gasteiger partial charge is 0.459 e. The van der Waals surface area contributed by atoms with Gasteiger partial charge in [-0.15, -0.1) is 5.11 Å². The van der Waals surface area contributed by atoms with E-state index in [1.807, 2.05) is 0 Å². The number of azo groups is 1. The highest BCUT2D eigenvalue weighted by atomic mass is 35.5. The Bertz CT molecular complexity index is 1170. The van der Waals surface area contributed by atoms with Crippen LogP contribution in [0.1, 0.15) is 22.6 Å². The maximum Gasteiger partial charge on any atom is 0.281 e. The second kappa shape index (κ2) is 9.26. The van der Waals surface area contributed by atoms with Crippen molar-refractivity contribution in [2.24, 2.45) is 10.2 Å². The summed E-state index contributed by atoms with van der Waals surface area (Å²) in [6, 6.07) is 11.5. The highest BCUT2D eigenvalue weighted by Crippen LogP contribution is 2.33.